The predicted molar refractivity (Wildman–Crippen MR) is 103 cm³/mol. The van der Waals surface area contributed by atoms with Crippen LogP contribution in [0.15, 0.2) is 65.6 Å². The molecule has 3 aromatic carbocycles. The maximum Gasteiger partial charge on any atom is 0.251 e. The van der Waals surface area contributed by atoms with Crippen molar-refractivity contribution in [3.8, 4) is 0 Å². The second-order valence-corrected chi connectivity index (χ2v) is 7.89. The molecule has 0 aromatic heterocycles. The number of nitrogens with two attached hydrogens (primary N) is 1. The molecule has 0 radical (unpaired) electrons. The third kappa shape index (κ3) is 3.72. The Bertz CT molecular complexity index is 1090. The van der Waals surface area contributed by atoms with Crippen molar-refractivity contribution in [2.24, 2.45) is 5.14 Å². The lowest BCUT2D eigenvalue weighted by molar-refractivity contribution is 0.0940. The van der Waals surface area contributed by atoms with Gasteiger partial charge < -0.3 is 5.32 Å². The maximum atomic E-state index is 12.6. The van der Waals surface area contributed by atoms with Crippen LogP contribution in [0.5, 0.6) is 0 Å². The first kappa shape index (κ1) is 18.4. The first-order chi connectivity index (χ1) is 12.3. The predicted octanol–water partition coefficient (Wildman–Crippen LogP) is 3.63. The summed E-state index contributed by atoms with van der Waals surface area (Å²) in [4.78, 5) is 12.3. The van der Waals surface area contributed by atoms with E-state index in [0.717, 1.165) is 16.3 Å². The minimum absolute atomic E-state index is 0.0221. The Kier molecular flexibility index (Phi) is 5.00. The molecule has 3 N–H and O–H groups in total. The second-order valence-electron chi connectivity index (χ2n) is 5.95. The molecule has 7 heteroatoms. The average molecular weight is 389 g/mol. The zero-order valence-corrected chi connectivity index (χ0v) is 15.5. The zero-order chi connectivity index (χ0) is 18.9. The number of amides is 1. The highest BCUT2D eigenvalue weighted by atomic mass is 35.5. The Balaban J connectivity index is 1.90. The first-order valence-corrected chi connectivity index (χ1v) is 9.80. The summed E-state index contributed by atoms with van der Waals surface area (Å²) in [6, 6.07) is 17.5. The van der Waals surface area contributed by atoms with Gasteiger partial charge in [-0.1, -0.05) is 54.1 Å². The molecule has 0 fully saturated rings. The minimum atomic E-state index is -4.01. The fourth-order valence-electron chi connectivity index (χ4n) is 2.85. The van der Waals surface area contributed by atoms with E-state index in [1.807, 2.05) is 49.4 Å². The van der Waals surface area contributed by atoms with Gasteiger partial charge in [0.05, 0.1) is 11.1 Å². The van der Waals surface area contributed by atoms with Crippen LogP contribution in [0.25, 0.3) is 10.8 Å². The third-order valence-electron chi connectivity index (χ3n) is 4.14. The second kappa shape index (κ2) is 7.07. The number of primary sulfonamides is 1. The Labute approximate surface area is 156 Å². The van der Waals surface area contributed by atoms with Gasteiger partial charge in [-0.2, -0.15) is 0 Å². The van der Waals surface area contributed by atoms with Crippen LogP contribution >= 0.6 is 11.6 Å². The number of carbonyl (C=O) groups is 1. The van der Waals surface area contributed by atoms with Gasteiger partial charge in [-0.05, 0) is 41.5 Å². The molecule has 0 aliphatic carbocycles. The summed E-state index contributed by atoms with van der Waals surface area (Å²) in [6.07, 6.45) is 0. The summed E-state index contributed by atoms with van der Waals surface area (Å²) < 4.78 is 23.2. The molecule has 3 rings (SSSR count). The van der Waals surface area contributed by atoms with Crippen molar-refractivity contribution in [2.45, 2.75) is 17.9 Å². The molecule has 0 unspecified atom stereocenters. The van der Waals surface area contributed by atoms with Crippen LogP contribution in [0.2, 0.25) is 5.02 Å². The average Bonchev–Trinajstić information content (AvgIpc) is 2.60. The quantitative estimate of drug-likeness (QED) is 0.715. The number of halogens is 1. The van der Waals surface area contributed by atoms with Gasteiger partial charge in [0.1, 0.15) is 4.90 Å². The van der Waals surface area contributed by atoms with Gasteiger partial charge in [-0.25, -0.2) is 13.6 Å². The molecule has 134 valence electrons. The lowest BCUT2D eigenvalue weighted by atomic mass is 9.99. The highest BCUT2D eigenvalue weighted by Crippen LogP contribution is 2.25. The Hall–Kier alpha value is -2.41. The van der Waals surface area contributed by atoms with Crippen LogP contribution in [-0.2, 0) is 10.0 Å². The molecule has 26 heavy (non-hydrogen) atoms. The number of carbonyl (C=O) groups excluding carboxylic acids is 1. The summed E-state index contributed by atoms with van der Waals surface area (Å²) in [5.74, 6) is -0.410. The van der Waals surface area contributed by atoms with Gasteiger partial charge >= 0.3 is 0 Å². The number of benzene rings is 3. The van der Waals surface area contributed by atoms with Gasteiger partial charge in [-0.3, -0.25) is 4.79 Å². The number of fused-ring (bicyclic) bond motifs is 1. The molecule has 0 saturated heterocycles. The maximum absolute atomic E-state index is 12.6. The molecule has 0 spiro atoms. The largest absolute Gasteiger partial charge is 0.345 e. The molecule has 0 aliphatic rings. The molecular weight excluding hydrogens is 372 g/mol. The van der Waals surface area contributed by atoms with Crippen molar-refractivity contribution in [3.63, 3.8) is 0 Å². The number of rotatable bonds is 4. The van der Waals surface area contributed by atoms with Crippen LogP contribution in [0, 0.1) is 0 Å². The number of sulfonamides is 1. The number of nitrogens with one attached hydrogen (secondary N) is 1. The van der Waals surface area contributed by atoms with E-state index >= 15 is 0 Å². The Morgan fingerprint density at radius 2 is 1.77 bits per heavy atom. The summed E-state index contributed by atoms with van der Waals surface area (Å²) in [7, 11) is -4.01. The van der Waals surface area contributed by atoms with Crippen molar-refractivity contribution in [1.29, 1.82) is 0 Å². The molecular formula is C19H17ClN2O3S. The van der Waals surface area contributed by atoms with Gasteiger partial charge in [0.25, 0.3) is 5.91 Å². The first-order valence-electron chi connectivity index (χ1n) is 7.88. The molecule has 0 bridgehead atoms. The summed E-state index contributed by atoms with van der Waals surface area (Å²) in [6.45, 7) is 1.87. The van der Waals surface area contributed by atoms with E-state index in [2.05, 4.69) is 5.32 Å². The summed E-state index contributed by atoms with van der Waals surface area (Å²) in [5.41, 5.74) is 1.14. The minimum Gasteiger partial charge on any atom is -0.345 e. The van der Waals surface area contributed by atoms with Crippen molar-refractivity contribution >= 4 is 38.3 Å². The topological polar surface area (TPSA) is 89.3 Å². The van der Waals surface area contributed by atoms with E-state index in [1.54, 1.807) is 0 Å². The van der Waals surface area contributed by atoms with Crippen molar-refractivity contribution in [1.82, 2.24) is 5.32 Å². The van der Waals surface area contributed by atoms with E-state index in [9.17, 15) is 13.2 Å². The Morgan fingerprint density at radius 1 is 1.08 bits per heavy atom. The molecule has 1 atom stereocenters. The van der Waals surface area contributed by atoms with Gasteiger partial charge in [0.15, 0.2) is 0 Å². The van der Waals surface area contributed by atoms with E-state index in [0.29, 0.717) is 0 Å². The van der Waals surface area contributed by atoms with Crippen LogP contribution in [0.3, 0.4) is 0 Å². The van der Waals surface area contributed by atoms with Crippen LogP contribution in [0.4, 0.5) is 0 Å². The summed E-state index contributed by atoms with van der Waals surface area (Å²) >= 11 is 5.86. The molecule has 1 amide bonds. The van der Waals surface area contributed by atoms with Gasteiger partial charge in [0.2, 0.25) is 10.0 Å². The monoisotopic (exact) mass is 388 g/mol. The standard InChI is InChI=1S/C19H17ClN2O3S/c1-12(15-8-4-6-13-5-2-3-7-16(13)15)22-19(23)14-9-10-17(20)18(11-14)26(21,24)25/h2-12H,1H3,(H,22,23)(H2,21,24,25)/t12-/m1/s1. The molecule has 5 nitrogen and oxygen atoms in total. The SMILES string of the molecule is C[C@@H](NC(=O)c1ccc(Cl)c(S(N)(=O)=O)c1)c1cccc2ccccc12. The molecule has 0 saturated carbocycles. The van der Waals surface area contributed by atoms with Crippen LogP contribution < -0.4 is 10.5 Å². The lowest BCUT2D eigenvalue weighted by Gasteiger charge is -2.17. The highest BCUT2D eigenvalue weighted by molar-refractivity contribution is 7.89. The third-order valence-corrected chi connectivity index (χ3v) is 5.53. The smallest absolute Gasteiger partial charge is 0.251 e. The number of hydrogen-bond donors (Lipinski definition) is 2. The van der Waals surface area contributed by atoms with E-state index in [-0.39, 0.29) is 21.5 Å². The normalized spacial score (nSPS) is 12.7. The van der Waals surface area contributed by atoms with Crippen molar-refractivity contribution < 1.29 is 13.2 Å². The van der Waals surface area contributed by atoms with Crippen molar-refractivity contribution in [2.75, 3.05) is 0 Å². The van der Waals surface area contributed by atoms with Gasteiger partial charge in [-0.15, -0.1) is 0 Å². The van der Waals surface area contributed by atoms with Crippen LogP contribution in [-0.4, -0.2) is 14.3 Å². The van der Waals surface area contributed by atoms with Crippen molar-refractivity contribution in [3.05, 3.63) is 76.8 Å². The van der Waals surface area contributed by atoms with Crippen LogP contribution in [0.1, 0.15) is 28.9 Å². The lowest BCUT2D eigenvalue weighted by Crippen LogP contribution is -2.27. The molecule has 3 aromatic rings. The zero-order valence-electron chi connectivity index (χ0n) is 13.9. The molecule has 0 heterocycles. The van der Waals surface area contributed by atoms with E-state index < -0.39 is 15.9 Å². The fraction of sp³-hybridized carbons (Fsp3) is 0.105. The highest BCUT2D eigenvalue weighted by Gasteiger charge is 2.18. The number of hydrogen-bond acceptors (Lipinski definition) is 3. The fourth-order valence-corrected chi connectivity index (χ4v) is 3.92. The van der Waals surface area contributed by atoms with Gasteiger partial charge in [0, 0.05) is 5.56 Å². The molecule has 0 aliphatic heterocycles. The van der Waals surface area contributed by atoms with E-state index in [1.165, 1.54) is 18.2 Å². The van der Waals surface area contributed by atoms with E-state index in [4.69, 9.17) is 16.7 Å². The summed E-state index contributed by atoms with van der Waals surface area (Å²) in [5, 5.41) is 10.1. The Morgan fingerprint density at radius 3 is 2.50 bits per heavy atom.